The van der Waals surface area contributed by atoms with E-state index in [1.54, 1.807) is 0 Å². The molecule has 0 aromatic rings. The highest BCUT2D eigenvalue weighted by atomic mass is 31.2. The summed E-state index contributed by atoms with van der Waals surface area (Å²) in [6, 6.07) is 0. The maximum absolute atomic E-state index is 13.1. The minimum absolute atomic E-state index is 0.107. The minimum Gasteiger partial charge on any atom is -0.462 e. The number of hydrogen-bond acceptors (Lipinski definition) is 15. The van der Waals surface area contributed by atoms with Gasteiger partial charge < -0.3 is 33.8 Å². The lowest BCUT2D eigenvalue weighted by Crippen LogP contribution is -2.30. The van der Waals surface area contributed by atoms with Crippen molar-refractivity contribution in [2.24, 2.45) is 11.8 Å². The second kappa shape index (κ2) is 72.6. The van der Waals surface area contributed by atoms with Gasteiger partial charge in [-0.05, 0) is 37.5 Å². The average molecular weight is 1470 g/mol. The fourth-order valence-corrected chi connectivity index (χ4v) is 14.1. The first-order chi connectivity index (χ1) is 48.4. The van der Waals surface area contributed by atoms with Crippen molar-refractivity contribution in [3.05, 3.63) is 0 Å². The van der Waals surface area contributed by atoms with Gasteiger partial charge in [-0.15, -0.1) is 0 Å². The fourth-order valence-electron chi connectivity index (χ4n) is 12.5. The standard InChI is InChI=1S/C81H158O17P2/c1-7-9-11-13-15-17-18-19-20-21-22-25-28-34-40-46-52-58-64-79(84)92-70-77(98-80(85)65-59-53-47-41-35-29-26-23-24-27-32-38-43-49-55-61-73(3)4)72-96-100(89,90)94-68-75(82)67-93-99(87,88)95-71-76(69-91-78(83)63-57-51-45-37-16-14-12-10-8-2)97-81(86)66-60-54-48-42-36-31-30-33-39-44-50-56-62-74(5)6/h73-77,82H,7-72H2,1-6H3,(H,87,88)(H,89,90)/t75-,76+,77+/m0/s1. The molecule has 0 heterocycles. The quantitative estimate of drug-likeness (QED) is 0.0222. The van der Waals surface area contributed by atoms with Crippen molar-refractivity contribution in [1.82, 2.24) is 0 Å². The Kier molecular flexibility index (Phi) is 71.2. The van der Waals surface area contributed by atoms with Crippen LogP contribution in [-0.2, 0) is 65.4 Å². The lowest BCUT2D eigenvalue weighted by molar-refractivity contribution is -0.161. The lowest BCUT2D eigenvalue weighted by atomic mass is 10.0. The van der Waals surface area contributed by atoms with Crippen molar-refractivity contribution < 1.29 is 80.2 Å². The summed E-state index contributed by atoms with van der Waals surface area (Å²) in [6.45, 7) is 9.66. The first-order valence-electron chi connectivity index (χ1n) is 42.0. The Balaban J connectivity index is 5.22. The molecule has 19 heteroatoms. The van der Waals surface area contributed by atoms with Gasteiger partial charge in [-0.25, -0.2) is 9.13 Å². The predicted octanol–water partition coefficient (Wildman–Crippen LogP) is 24.3. The van der Waals surface area contributed by atoms with Crippen molar-refractivity contribution in [2.45, 2.75) is 445 Å². The molecule has 0 saturated heterocycles. The molecular formula is C81H158O17P2. The molecule has 0 fully saturated rings. The summed E-state index contributed by atoms with van der Waals surface area (Å²) in [7, 11) is -9.92. The van der Waals surface area contributed by atoms with Crippen LogP contribution in [0.25, 0.3) is 0 Å². The smallest absolute Gasteiger partial charge is 0.462 e. The maximum atomic E-state index is 13.1. The molecule has 2 unspecified atom stereocenters. The number of aliphatic hydroxyl groups excluding tert-OH is 1. The summed E-state index contributed by atoms with van der Waals surface area (Å²) in [5.41, 5.74) is 0. The van der Waals surface area contributed by atoms with Gasteiger partial charge >= 0.3 is 39.5 Å². The molecule has 0 spiro atoms. The molecule has 594 valence electrons. The predicted molar refractivity (Wildman–Crippen MR) is 409 cm³/mol. The van der Waals surface area contributed by atoms with Gasteiger partial charge in [0.05, 0.1) is 26.4 Å². The molecule has 5 atom stereocenters. The zero-order chi connectivity index (χ0) is 73.5. The van der Waals surface area contributed by atoms with E-state index in [0.29, 0.717) is 25.7 Å². The number of phosphoric acid groups is 2. The molecule has 0 saturated carbocycles. The number of esters is 4. The summed E-state index contributed by atoms with van der Waals surface area (Å²) in [5, 5.41) is 10.6. The Morgan fingerprint density at radius 2 is 0.460 bits per heavy atom. The van der Waals surface area contributed by atoms with Crippen LogP contribution in [0, 0.1) is 11.8 Å². The summed E-state index contributed by atoms with van der Waals surface area (Å²) in [4.78, 5) is 73.0. The molecule has 0 aromatic heterocycles. The Morgan fingerprint density at radius 1 is 0.270 bits per heavy atom. The van der Waals surface area contributed by atoms with Crippen LogP contribution in [0.4, 0.5) is 0 Å². The number of ether oxygens (including phenoxy) is 4. The van der Waals surface area contributed by atoms with Crippen LogP contribution in [-0.4, -0.2) is 96.7 Å². The van der Waals surface area contributed by atoms with Crippen LogP contribution >= 0.6 is 15.6 Å². The van der Waals surface area contributed by atoms with E-state index >= 15 is 0 Å². The van der Waals surface area contributed by atoms with E-state index in [-0.39, 0.29) is 25.7 Å². The molecular weight excluding hydrogens is 1310 g/mol. The van der Waals surface area contributed by atoms with Gasteiger partial charge in [0.2, 0.25) is 0 Å². The summed E-state index contributed by atoms with van der Waals surface area (Å²) < 4.78 is 68.7. The Bertz CT molecular complexity index is 1920. The normalized spacial score (nSPS) is 13.9. The monoisotopic (exact) mass is 1470 g/mol. The highest BCUT2D eigenvalue weighted by Gasteiger charge is 2.30. The topological polar surface area (TPSA) is 237 Å². The fraction of sp³-hybridized carbons (Fsp3) is 0.951. The third kappa shape index (κ3) is 74.3. The van der Waals surface area contributed by atoms with Crippen LogP contribution in [0.15, 0.2) is 0 Å². The molecule has 0 amide bonds. The van der Waals surface area contributed by atoms with E-state index in [2.05, 4.69) is 41.5 Å². The number of aliphatic hydroxyl groups is 1. The minimum atomic E-state index is -4.96. The van der Waals surface area contributed by atoms with E-state index < -0.39 is 97.5 Å². The average Bonchev–Trinajstić information content (AvgIpc) is 0.985. The van der Waals surface area contributed by atoms with Gasteiger partial charge in [-0.3, -0.25) is 37.3 Å². The summed E-state index contributed by atoms with van der Waals surface area (Å²) >= 11 is 0. The number of carbonyl (C=O) groups excluding carboxylic acids is 4. The number of carbonyl (C=O) groups is 4. The highest BCUT2D eigenvalue weighted by molar-refractivity contribution is 7.47. The van der Waals surface area contributed by atoms with Crippen LogP contribution in [0.1, 0.15) is 427 Å². The van der Waals surface area contributed by atoms with Crippen molar-refractivity contribution in [1.29, 1.82) is 0 Å². The van der Waals surface area contributed by atoms with Crippen LogP contribution in [0.2, 0.25) is 0 Å². The molecule has 0 aliphatic rings. The molecule has 0 bridgehead atoms. The highest BCUT2D eigenvalue weighted by Crippen LogP contribution is 2.45. The molecule has 100 heavy (non-hydrogen) atoms. The number of hydrogen-bond donors (Lipinski definition) is 3. The number of phosphoric ester groups is 2. The van der Waals surface area contributed by atoms with Gasteiger partial charge in [0.1, 0.15) is 19.3 Å². The van der Waals surface area contributed by atoms with Gasteiger partial charge in [-0.1, -0.05) is 375 Å². The van der Waals surface area contributed by atoms with E-state index in [9.17, 15) is 43.2 Å². The zero-order valence-corrected chi connectivity index (χ0v) is 67.3. The number of unbranched alkanes of at least 4 members (excludes halogenated alkanes) is 50. The molecule has 17 nitrogen and oxygen atoms in total. The van der Waals surface area contributed by atoms with Gasteiger partial charge in [-0.2, -0.15) is 0 Å². The third-order valence-electron chi connectivity index (χ3n) is 19.0. The van der Waals surface area contributed by atoms with Crippen LogP contribution < -0.4 is 0 Å². The van der Waals surface area contributed by atoms with E-state index in [1.807, 2.05) is 0 Å². The largest absolute Gasteiger partial charge is 0.472 e. The summed E-state index contributed by atoms with van der Waals surface area (Å²) in [6.07, 6.45) is 62.4. The molecule has 0 radical (unpaired) electrons. The Morgan fingerprint density at radius 3 is 0.680 bits per heavy atom. The van der Waals surface area contributed by atoms with Gasteiger partial charge in [0.15, 0.2) is 12.2 Å². The zero-order valence-electron chi connectivity index (χ0n) is 65.5. The molecule has 3 N–H and O–H groups in total. The second-order valence-corrected chi connectivity index (χ2v) is 33.0. The van der Waals surface area contributed by atoms with E-state index in [4.69, 9.17) is 37.0 Å². The Labute approximate surface area is 613 Å². The van der Waals surface area contributed by atoms with Crippen LogP contribution in [0.5, 0.6) is 0 Å². The molecule has 0 rings (SSSR count). The summed E-state index contributed by atoms with van der Waals surface area (Å²) in [5.74, 6) is -0.529. The SMILES string of the molecule is CCCCCCCCCCCCCCCCCCCCC(=O)OC[C@H](COP(=O)(O)OC[C@@H](O)COP(=O)(O)OC[C@@H](COC(=O)CCCCCCCCCCC)OC(=O)CCCCCCCCCCCCCCC(C)C)OC(=O)CCCCCCCCCCCCCCCCCC(C)C. The molecule has 0 aromatic carbocycles. The third-order valence-corrected chi connectivity index (χ3v) is 20.9. The van der Waals surface area contributed by atoms with Crippen LogP contribution in [0.3, 0.4) is 0 Å². The van der Waals surface area contributed by atoms with E-state index in [0.717, 1.165) is 102 Å². The van der Waals surface area contributed by atoms with Crippen molar-refractivity contribution in [2.75, 3.05) is 39.6 Å². The van der Waals surface area contributed by atoms with E-state index in [1.165, 1.54) is 244 Å². The lowest BCUT2D eigenvalue weighted by Gasteiger charge is -2.21. The first-order valence-corrected chi connectivity index (χ1v) is 45.0. The van der Waals surface area contributed by atoms with Crippen molar-refractivity contribution in [3.63, 3.8) is 0 Å². The van der Waals surface area contributed by atoms with Gasteiger partial charge in [0.25, 0.3) is 0 Å². The first kappa shape index (κ1) is 98.1. The van der Waals surface area contributed by atoms with Crippen molar-refractivity contribution in [3.8, 4) is 0 Å². The molecule has 0 aliphatic carbocycles. The number of rotatable bonds is 80. The Hall–Kier alpha value is -1.94. The second-order valence-electron chi connectivity index (χ2n) is 30.1. The van der Waals surface area contributed by atoms with Gasteiger partial charge in [0, 0.05) is 25.7 Å². The van der Waals surface area contributed by atoms with Crippen molar-refractivity contribution >= 4 is 39.5 Å². The molecule has 0 aliphatic heterocycles. The maximum Gasteiger partial charge on any atom is 0.472 e.